The second kappa shape index (κ2) is 7.24. The minimum absolute atomic E-state index is 0.0258. The van der Waals surface area contributed by atoms with Gasteiger partial charge >= 0.3 is 0 Å². The molecular weight excluding hydrogens is 356 g/mol. The van der Waals surface area contributed by atoms with Crippen LogP contribution in [0.4, 0.5) is 5.69 Å². The number of carbonyl (C=O) groups excluding carboxylic acids is 1. The van der Waals surface area contributed by atoms with Gasteiger partial charge in [0, 0.05) is 24.7 Å². The molecule has 1 aromatic heterocycles. The molecule has 0 saturated heterocycles. The summed E-state index contributed by atoms with van der Waals surface area (Å²) in [6.07, 6.45) is 1.86. The summed E-state index contributed by atoms with van der Waals surface area (Å²) >= 11 is 6.04. The number of sulfonamides is 1. The Bertz CT molecular complexity index is 865. The summed E-state index contributed by atoms with van der Waals surface area (Å²) in [5.41, 5.74) is 0.831. The third-order valence-corrected chi connectivity index (χ3v) is 4.61. The number of benzene rings is 1. The average Bonchev–Trinajstić information content (AvgIpc) is 2.95. The number of halogens is 1. The molecule has 0 unspecified atom stereocenters. The zero-order valence-corrected chi connectivity index (χ0v) is 14.7. The standard InChI is InChI=1S/C13H17ClN6O3S/c1-3-4-5-16-11-7-10(14)12(24(15,22)23)6-9(11)13-17-18-19-20(13)8(2)21/h6-7,16H,3-5H2,1-2H3,(H2,15,22,23). The molecule has 24 heavy (non-hydrogen) atoms. The first-order valence-electron chi connectivity index (χ1n) is 7.15. The number of nitrogens with one attached hydrogen (secondary N) is 1. The summed E-state index contributed by atoms with van der Waals surface area (Å²) in [6.45, 7) is 3.96. The third kappa shape index (κ3) is 3.89. The second-order valence-corrected chi connectivity index (χ2v) is 7.02. The first kappa shape index (κ1) is 18.3. The number of carbonyl (C=O) groups is 1. The van der Waals surface area contributed by atoms with E-state index in [4.69, 9.17) is 16.7 Å². The predicted molar refractivity (Wildman–Crippen MR) is 89.3 cm³/mol. The molecule has 9 nitrogen and oxygen atoms in total. The van der Waals surface area contributed by atoms with Crippen LogP contribution in [0.3, 0.4) is 0 Å². The number of nitrogens with two attached hydrogens (primary N) is 1. The molecule has 0 fully saturated rings. The van der Waals surface area contributed by atoms with E-state index >= 15 is 0 Å². The second-order valence-electron chi connectivity index (χ2n) is 5.09. The molecule has 0 bridgehead atoms. The highest BCUT2D eigenvalue weighted by atomic mass is 35.5. The van der Waals surface area contributed by atoms with Crippen LogP contribution in [0.25, 0.3) is 11.4 Å². The highest BCUT2D eigenvalue weighted by Crippen LogP contribution is 2.33. The van der Waals surface area contributed by atoms with Crippen LogP contribution in [-0.2, 0) is 10.0 Å². The molecule has 1 heterocycles. The summed E-state index contributed by atoms with van der Waals surface area (Å²) in [5, 5.41) is 19.2. The molecule has 2 rings (SSSR count). The number of rotatable bonds is 6. The first-order chi connectivity index (χ1) is 11.3. The van der Waals surface area contributed by atoms with E-state index in [1.54, 1.807) is 0 Å². The summed E-state index contributed by atoms with van der Waals surface area (Å²) in [5.74, 6) is -0.315. The van der Waals surface area contributed by atoms with Gasteiger partial charge < -0.3 is 5.32 Å². The largest absolute Gasteiger partial charge is 0.384 e. The van der Waals surface area contributed by atoms with Gasteiger partial charge in [-0.2, -0.15) is 4.68 Å². The van der Waals surface area contributed by atoms with E-state index in [1.165, 1.54) is 19.1 Å². The maximum Gasteiger partial charge on any atom is 0.247 e. The fourth-order valence-corrected chi connectivity index (χ4v) is 3.17. The van der Waals surface area contributed by atoms with Gasteiger partial charge in [-0.05, 0) is 29.0 Å². The maximum absolute atomic E-state index is 11.7. The summed E-state index contributed by atoms with van der Waals surface area (Å²) in [7, 11) is -4.04. The number of hydrogen-bond donors (Lipinski definition) is 2. The van der Waals surface area contributed by atoms with E-state index in [-0.39, 0.29) is 15.7 Å². The molecule has 0 radical (unpaired) electrons. The quantitative estimate of drug-likeness (QED) is 0.579. The van der Waals surface area contributed by atoms with Crippen molar-refractivity contribution >= 4 is 33.2 Å². The van der Waals surface area contributed by atoms with Crippen molar-refractivity contribution in [1.82, 2.24) is 20.2 Å². The lowest BCUT2D eigenvalue weighted by Crippen LogP contribution is -2.15. The molecule has 1 aromatic carbocycles. The van der Waals surface area contributed by atoms with Crippen molar-refractivity contribution in [3.63, 3.8) is 0 Å². The molecule has 0 aliphatic heterocycles. The number of unbranched alkanes of at least 4 members (excludes halogenated alkanes) is 1. The Hall–Kier alpha value is -2.04. The van der Waals surface area contributed by atoms with Crippen molar-refractivity contribution in [3.8, 4) is 11.4 Å². The Morgan fingerprint density at radius 3 is 2.71 bits per heavy atom. The number of primary sulfonamides is 1. The topological polar surface area (TPSA) is 133 Å². The number of hydrogen-bond acceptors (Lipinski definition) is 7. The molecular formula is C13H17ClN6O3S. The lowest BCUT2D eigenvalue weighted by molar-refractivity contribution is 0.0921. The molecule has 11 heteroatoms. The Morgan fingerprint density at radius 1 is 1.42 bits per heavy atom. The van der Waals surface area contributed by atoms with Gasteiger partial charge in [0.05, 0.1) is 5.02 Å². The van der Waals surface area contributed by atoms with Gasteiger partial charge in [-0.15, -0.1) is 5.10 Å². The summed E-state index contributed by atoms with van der Waals surface area (Å²) < 4.78 is 24.4. The zero-order valence-electron chi connectivity index (χ0n) is 13.2. The normalized spacial score (nSPS) is 11.5. The Kier molecular flexibility index (Phi) is 5.52. The van der Waals surface area contributed by atoms with Crippen molar-refractivity contribution in [2.24, 2.45) is 5.14 Å². The van der Waals surface area contributed by atoms with Crippen LogP contribution >= 0.6 is 11.6 Å². The molecule has 0 spiro atoms. The lowest BCUT2D eigenvalue weighted by atomic mass is 10.1. The smallest absolute Gasteiger partial charge is 0.247 e. The predicted octanol–water partition coefficient (Wildman–Crippen LogP) is 1.51. The van der Waals surface area contributed by atoms with Crippen LogP contribution < -0.4 is 10.5 Å². The SMILES string of the molecule is CCCCNc1cc(Cl)c(S(N)(=O)=O)cc1-c1nnnn1C(C)=O. The Labute approximate surface area is 144 Å². The van der Waals surface area contributed by atoms with Crippen LogP contribution in [-0.4, -0.2) is 41.1 Å². The Balaban J connectivity index is 2.65. The van der Waals surface area contributed by atoms with Gasteiger partial charge in [0.15, 0.2) is 5.82 Å². The Morgan fingerprint density at radius 2 is 2.12 bits per heavy atom. The summed E-state index contributed by atoms with van der Waals surface area (Å²) in [4.78, 5) is 11.4. The molecule has 130 valence electrons. The molecule has 0 amide bonds. The summed E-state index contributed by atoms with van der Waals surface area (Å²) in [6, 6.07) is 2.70. The van der Waals surface area contributed by atoms with Crippen molar-refractivity contribution in [2.75, 3.05) is 11.9 Å². The highest BCUT2D eigenvalue weighted by molar-refractivity contribution is 7.89. The molecule has 2 aromatic rings. The van der Waals surface area contributed by atoms with E-state index in [1.807, 2.05) is 6.92 Å². The van der Waals surface area contributed by atoms with E-state index in [9.17, 15) is 13.2 Å². The minimum atomic E-state index is -4.04. The van der Waals surface area contributed by atoms with Crippen LogP contribution in [0.5, 0.6) is 0 Å². The van der Waals surface area contributed by atoms with Gasteiger partial charge in [-0.25, -0.2) is 13.6 Å². The monoisotopic (exact) mass is 372 g/mol. The van der Waals surface area contributed by atoms with Gasteiger partial charge in [-0.1, -0.05) is 24.9 Å². The molecule has 0 atom stereocenters. The molecule has 0 aliphatic rings. The molecule has 3 N–H and O–H groups in total. The molecule has 0 saturated carbocycles. The van der Waals surface area contributed by atoms with Gasteiger partial charge in [0.25, 0.3) is 0 Å². The van der Waals surface area contributed by atoms with E-state index in [2.05, 4.69) is 20.8 Å². The van der Waals surface area contributed by atoms with Crippen molar-refractivity contribution in [1.29, 1.82) is 0 Å². The number of anilines is 1. The van der Waals surface area contributed by atoms with Crippen molar-refractivity contribution in [3.05, 3.63) is 17.2 Å². The van der Waals surface area contributed by atoms with Crippen molar-refractivity contribution < 1.29 is 13.2 Å². The highest BCUT2D eigenvalue weighted by Gasteiger charge is 2.22. The van der Waals surface area contributed by atoms with Crippen LogP contribution in [0.2, 0.25) is 5.02 Å². The van der Waals surface area contributed by atoms with Crippen LogP contribution in [0.15, 0.2) is 17.0 Å². The van der Waals surface area contributed by atoms with Gasteiger partial charge in [0.1, 0.15) is 4.90 Å². The van der Waals surface area contributed by atoms with Crippen LogP contribution in [0.1, 0.15) is 31.5 Å². The van der Waals surface area contributed by atoms with E-state index in [0.29, 0.717) is 17.8 Å². The van der Waals surface area contributed by atoms with Crippen LogP contribution in [0, 0.1) is 0 Å². The fourth-order valence-electron chi connectivity index (χ4n) is 2.07. The van der Waals surface area contributed by atoms with E-state index in [0.717, 1.165) is 17.5 Å². The number of nitrogens with zero attached hydrogens (tertiary/aromatic N) is 4. The number of tetrazole rings is 1. The fraction of sp³-hybridized carbons (Fsp3) is 0.385. The zero-order chi connectivity index (χ0) is 17.9. The van der Waals surface area contributed by atoms with Crippen molar-refractivity contribution in [2.45, 2.75) is 31.6 Å². The lowest BCUT2D eigenvalue weighted by Gasteiger charge is -2.14. The molecule has 0 aliphatic carbocycles. The van der Waals surface area contributed by atoms with E-state index < -0.39 is 15.9 Å². The van der Waals surface area contributed by atoms with Gasteiger partial charge in [0.2, 0.25) is 15.9 Å². The van der Waals surface area contributed by atoms with Gasteiger partial charge in [-0.3, -0.25) is 4.79 Å². The average molecular weight is 373 g/mol. The number of aromatic nitrogens is 4. The minimum Gasteiger partial charge on any atom is -0.384 e. The maximum atomic E-state index is 11.7. The first-order valence-corrected chi connectivity index (χ1v) is 9.08. The third-order valence-electron chi connectivity index (χ3n) is 3.23.